The second-order valence-corrected chi connectivity index (χ2v) is 5.06. The predicted octanol–water partition coefficient (Wildman–Crippen LogP) is -0.287. The Balaban J connectivity index is 3.75. The lowest BCUT2D eigenvalue weighted by Crippen LogP contribution is -2.35. The Morgan fingerprint density at radius 2 is 2.14 bits per heavy atom. The van der Waals surface area contributed by atoms with Crippen LogP contribution in [-0.2, 0) is 14.8 Å². The highest BCUT2D eigenvalue weighted by Crippen LogP contribution is 1.93. The van der Waals surface area contributed by atoms with E-state index in [2.05, 4.69) is 9.46 Å². The molecular formula is C8H19NO4S. The van der Waals surface area contributed by atoms with Gasteiger partial charge in [-0.3, -0.25) is 0 Å². The van der Waals surface area contributed by atoms with Crippen LogP contribution in [0.25, 0.3) is 0 Å². The first-order valence-electron chi connectivity index (χ1n) is 4.66. The monoisotopic (exact) mass is 225 g/mol. The lowest BCUT2D eigenvalue weighted by Gasteiger charge is -2.10. The highest BCUT2D eigenvalue weighted by atomic mass is 32.2. The SMILES string of the molecule is CCCCS(=O)(=O)NCC(O)COC. The third kappa shape index (κ3) is 7.25. The number of ether oxygens (including phenoxy) is 1. The molecule has 0 aromatic carbocycles. The minimum Gasteiger partial charge on any atom is -0.389 e. The smallest absolute Gasteiger partial charge is 0.211 e. The average Bonchev–Trinajstić information content (AvgIpc) is 2.13. The second-order valence-electron chi connectivity index (χ2n) is 3.13. The van der Waals surface area contributed by atoms with E-state index < -0.39 is 16.1 Å². The van der Waals surface area contributed by atoms with E-state index >= 15 is 0 Å². The van der Waals surface area contributed by atoms with Crippen LogP contribution in [0.5, 0.6) is 0 Å². The van der Waals surface area contributed by atoms with Crippen molar-refractivity contribution in [1.82, 2.24) is 4.72 Å². The molecule has 0 saturated heterocycles. The Morgan fingerprint density at radius 3 is 2.64 bits per heavy atom. The first-order valence-corrected chi connectivity index (χ1v) is 6.31. The van der Waals surface area contributed by atoms with Gasteiger partial charge in [0.2, 0.25) is 10.0 Å². The Kier molecular flexibility index (Phi) is 7.08. The second kappa shape index (κ2) is 7.17. The van der Waals surface area contributed by atoms with Gasteiger partial charge in [0, 0.05) is 13.7 Å². The van der Waals surface area contributed by atoms with Gasteiger partial charge in [0.05, 0.1) is 18.5 Å². The van der Waals surface area contributed by atoms with E-state index in [9.17, 15) is 13.5 Å². The predicted molar refractivity (Wildman–Crippen MR) is 54.6 cm³/mol. The molecule has 0 aliphatic carbocycles. The third-order valence-corrected chi connectivity index (χ3v) is 3.10. The van der Waals surface area contributed by atoms with Crippen molar-refractivity contribution in [3.8, 4) is 0 Å². The highest BCUT2D eigenvalue weighted by molar-refractivity contribution is 7.89. The molecule has 86 valence electrons. The maximum absolute atomic E-state index is 11.2. The van der Waals surface area contributed by atoms with Crippen molar-refractivity contribution in [3.63, 3.8) is 0 Å². The Morgan fingerprint density at radius 1 is 1.50 bits per heavy atom. The molecule has 0 aliphatic rings. The number of hydrogen-bond acceptors (Lipinski definition) is 4. The van der Waals surface area contributed by atoms with E-state index in [1.54, 1.807) is 0 Å². The molecule has 2 N–H and O–H groups in total. The third-order valence-electron chi connectivity index (χ3n) is 1.66. The van der Waals surface area contributed by atoms with Gasteiger partial charge in [-0.25, -0.2) is 13.1 Å². The largest absolute Gasteiger partial charge is 0.389 e. The van der Waals surface area contributed by atoms with E-state index in [1.165, 1.54) is 7.11 Å². The molecule has 0 aliphatic heterocycles. The minimum absolute atomic E-state index is 0.0138. The van der Waals surface area contributed by atoms with Crippen molar-refractivity contribution in [2.45, 2.75) is 25.9 Å². The van der Waals surface area contributed by atoms with E-state index in [-0.39, 0.29) is 18.9 Å². The first kappa shape index (κ1) is 13.8. The number of sulfonamides is 1. The standard InChI is InChI=1S/C8H19NO4S/c1-3-4-5-14(11,12)9-6-8(10)7-13-2/h8-10H,3-7H2,1-2H3. The fourth-order valence-electron chi connectivity index (χ4n) is 0.881. The molecule has 0 saturated carbocycles. The van der Waals surface area contributed by atoms with Crippen molar-refractivity contribution < 1.29 is 18.3 Å². The summed E-state index contributed by atoms with van der Waals surface area (Å²) in [5.74, 6) is 0.114. The minimum atomic E-state index is -3.22. The van der Waals surface area contributed by atoms with Gasteiger partial charge in [-0.1, -0.05) is 13.3 Å². The summed E-state index contributed by atoms with van der Waals surface area (Å²) >= 11 is 0. The number of hydrogen-bond donors (Lipinski definition) is 2. The van der Waals surface area contributed by atoms with Crippen LogP contribution < -0.4 is 4.72 Å². The van der Waals surface area contributed by atoms with Crippen LogP contribution in [-0.4, -0.2) is 45.6 Å². The molecule has 0 aromatic heterocycles. The van der Waals surface area contributed by atoms with E-state index in [1.807, 2.05) is 6.92 Å². The molecule has 1 unspecified atom stereocenters. The van der Waals surface area contributed by atoms with Crippen molar-refractivity contribution in [2.24, 2.45) is 0 Å². The van der Waals surface area contributed by atoms with Crippen LogP contribution in [0.3, 0.4) is 0 Å². The molecule has 0 fully saturated rings. The van der Waals surface area contributed by atoms with Crippen molar-refractivity contribution >= 4 is 10.0 Å². The van der Waals surface area contributed by atoms with Gasteiger partial charge in [-0.05, 0) is 6.42 Å². The maximum Gasteiger partial charge on any atom is 0.211 e. The Hall–Kier alpha value is -0.170. The molecule has 5 nitrogen and oxygen atoms in total. The zero-order chi connectivity index (χ0) is 11.0. The van der Waals surface area contributed by atoms with Crippen molar-refractivity contribution in [2.75, 3.05) is 26.0 Å². The summed E-state index contributed by atoms with van der Waals surface area (Å²) in [7, 11) is -1.77. The maximum atomic E-state index is 11.2. The quantitative estimate of drug-likeness (QED) is 0.595. The van der Waals surface area contributed by atoms with E-state index in [0.29, 0.717) is 6.42 Å². The molecule has 14 heavy (non-hydrogen) atoms. The fourth-order valence-corrected chi connectivity index (χ4v) is 2.14. The summed E-state index contributed by atoms with van der Waals surface area (Å²) in [6, 6.07) is 0. The molecule has 0 radical (unpaired) electrons. The molecule has 1 atom stereocenters. The molecular weight excluding hydrogens is 206 g/mol. The van der Waals surface area contributed by atoms with Crippen LogP contribution in [0.2, 0.25) is 0 Å². The van der Waals surface area contributed by atoms with Gasteiger partial charge in [-0.15, -0.1) is 0 Å². The topological polar surface area (TPSA) is 75.6 Å². The highest BCUT2D eigenvalue weighted by Gasteiger charge is 2.11. The molecule has 0 spiro atoms. The van der Waals surface area contributed by atoms with Gasteiger partial charge in [0.15, 0.2) is 0 Å². The van der Waals surface area contributed by atoms with Gasteiger partial charge < -0.3 is 9.84 Å². The molecule has 0 bridgehead atoms. The molecule has 0 heterocycles. The normalized spacial score (nSPS) is 14.2. The number of methoxy groups -OCH3 is 1. The van der Waals surface area contributed by atoms with Crippen molar-refractivity contribution in [3.05, 3.63) is 0 Å². The Labute approximate surface area is 85.5 Å². The fraction of sp³-hybridized carbons (Fsp3) is 1.00. The van der Waals surface area contributed by atoms with Gasteiger partial charge in [0.1, 0.15) is 0 Å². The van der Waals surface area contributed by atoms with Crippen LogP contribution in [0, 0.1) is 0 Å². The van der Waals surface area contributed by atoms with E-state index in [0.717, 1.165) is 6.42 Å². The number of nitrogens with one attached hydrogen (secondary N) is 1. The lowest BCUT2D eigenvalue weighted by molar-refractivity contribution is 0.0679. The zero-order valence-corrected chi connectivity index (χ0v) is 9.51. The molecule has 6 heteroatoms. The molecule has 0 aromatic rings. The van der Waals surface area contributed by atoms with Gasteiger partial charge in [-0.2, -0.15) is 0 Å². The summed E-state index contributed by atoms with van der Waals surface area (Å²) in [5, 5.41) is 9.19. The average molecular weight is 225 g/mol. The Bertz CT molecular complexity index is 227. The summed E-state index contributed by atoms with van der Waals surface area (Å²) in [5.41, 5.74) is 0. The molecule has 0 rings (SSSR count). The number of aliphatic hydroxyl groups excluding tert-OH is 1. The van der Waals surface area contributed by atoms with E-state index in [4.69, 9.17) is 0 Å². The number of unbranched alkanes of at least 4 members (excludes halogenated alkanes) is 1. The number of rotatable bonds is 8. The summed E-state index contributed by atoms with van der Waals surface area (Å²) in [6.07, 6.45) is 0.688. The van der Waals surface area contributed by atoms with Gasteiger partial charge in [0.25, 0.3) is 0 Å². The van der Waals surface area contributed by atoms with Crippen molar-refractivity contribution in [1.29, 1.82) is 0 Å². The number of aliphatic hydroxyl groups is 1. The summed E-state index contributed by atoms with van der Waals surface area (Å²) < 4.78 is 29.5. The van der Waals surface area contributed by atoms with Crippen LogP contribution in [0.4, 0.5) is 0 Å². The molecule has 0 amide bonds. The zero-order valence-electron chi connectivity index (χ0n) is 8.69. The van der Waals surface area contributed by atoms with Crippen LogP contribution in [0.15, 0.2) is 0 Å². The van der Waals surface area contributed by atoms with Crippen LogP contribution >= 0.6 is 0 Å². The summed E-state index contributed by atoms with van der Waals surface area (Å²) in [6.45, 7) is 2.07. The lowest BCUT2D eigenvalue weighted by atomic mass is 10.4. The summed E-state index contributed by atoms with van der Waals surface area (Å²) in [4.78, 5) is 0. The van der Waals surface area contributed by atoms with Gasteiger partial charge >= 0.3 is 0 Å². The first-order chi connectivity index (χ1) is 6.52. The van der Waals surface area contributed by atoms with Crippen LogP contribution in [0.1, 0.15) is 19.8 Å².